The molecular formula is C17H20N4O5. The van der Waals surface area contributed by atoms with E-state index in [4.69, 9.17) is 10.8 Å². The minimum Gasteiger partial charge on any atom is -0.478 e. The number of carbonyl (C=O) groups is 4. The van der Waals surface area contributed by atoms with Crippen LogP contribution in [0, 0.1) is 0 Å². The largest absolute Gasteiger partial charge is 0.478 e. The Bertz CT molecular complexity index is 740. The van der Waals surface area contributed by atoms with Crippen LogP contribution in [0.2, 0.25) is 0 Å². The molecule has 9 nitrogen and oxygen atoms in total. The van der Waals surface area contributed by atoms with Crippen molar-refractivity contribution in [1.29, 1.82) is 0 Å². The summed E-state index contributed by atoms with van der Waals surface area (Å²) in [6, 6.07) is 5.14. The van der Waals surface area contributed by atoms with Gasteiger partial charge >= 0.3 is 5.97 Å². The average molecular weight is 360 g/mol. The molecule has 1 aromatic rings. The second-order valence-corrected chi connectivity index (χ2v) is 6.42. The van der Waals surface area contributed by atoms with Gasteiger partial charge in [0.2, 0.25) is 11.8 Å². The highest BCUT2D eigenvalue weighted by Crippen LogP contribution is 2.26. The van der Waals surface area contributed by atoms with Crippen molar-refractivity contribution < 1.29 is 24.3 Å². The summed E-state index contributed by atoms with van der Waals surface area (Å²) >= 11 is 0. The zero-order valence-electron chi connectivity index (χ0n) is 14.1. The van der Waals surface area contributed by atoms with Gasteiger partial charge in [0.15, 0.2) is 0 Å². The molecule has 2 fully saturated rings. The molecule has 0 unspecified atom stereocenters. The Morgan fingerprint density at radius 3 is 2.23 bits per heavy atom. The van der Waals surface area contributed by atoms with Crippen molar-refractivity contribution in [1.82, 2.24) is 9.80 Å². The molecule has 2 heterocycles. The fraction of sp³-hybridized carbons (Fsp3) is 0.412. The summed E-state index contributed by atoms with van der Waals surface area (Å²) < 4.78 is 0. The number of amides is 3. The molecule has 3 rings (SSSR count). The molecule has 0 radical (unpaired) electrons. The summed E-state index contributed by atoms with van der Waals surface area (Å²) in [7, 11) is 0. The Balaban J connectivity index is 1.67. The van der Waals surface area contributed by atoms with Gasteiger partial charge in [-0.3, -0.25) is 24.2 Å². The molecule has 0 saturated carbocycles. The zero-order valence-corrected chi connectivity index (χ0v) is 14.1. The maximum absolute atomic E-state index is 12.8. The van der Waals surface area contributed by atoms with Crippen LogP contribution >= 0.6 is 0 Å². The monoisotopic (exact) mass is 360 g/mol. The molecule has 3 N–H and O–H groups in total. The SMILES string of the molecule is NC(=O)CN1CCN([C@H]2CC(=O)N(c3ccc(C(=O)O)cc3)C2=O)CC1. The third-order valence-electron chi connectivity index (χ3n) is 4.72. The number of hydrogen-bond acceptors (Lipinski definition) is 6. The van der Waals surface area contributed by atoms with Gasteiger partial charge < -0.3 is 10.8 Å². The van der Waals surface area contributed by atoms with Crippen molar-refractivity contribution in [2.24, 2.45) is 5.73 Å². The lowest BCUT2D eigenvalue weighted by atomic mass is 10.1. The molecule has 1 atom stereocenters. The highest BCUT2D eigenvalue weighted by atomic mass is 16.4. The first kappa shape index (κ1) is 18.0. The molecule has 3 amide bonds. The van der Waals surface area contributed by atoms with Gasteiger partial charge in [-0.05, 0) is 24.3 Å². The molecular weight excluding hydrogens is 340 g/mol. The maximum Gasteiger partial charge on any atom is 0.335 e. The quantitative estimate of drug-likeness (QED) is 0.653. The third-order valence-corrected chi connectivity index (χ3v) is 4.72. The molecule has 2 aliphatic heterocycles. The van der Waals surface area contributed by atoms with Crippen LogP contribution in [0.1, 0.15) is 16.8 Å². The number of carboxylic acid groups (broad SMARTS) is 1. The summed E-state index contributed by atoms with van der Waals surface area (Å²) in [6.07, 6.45) is 0.0926. The summed E-state index contributed by atoms with van der Waals surface area (Å²) in [5.41, 5.74) is 5.66. The molecule has 0 spiro atoms. The van der Waals surface area contributed by atoms with E-state index in [9.17, 15) is 19.2 Å². The number of rotatable bonds is 5. The van der Waals surface area contributed by atoms with Crippen LogP contribution in [-0.4, -0.2) is 77.4 Å². The first-order chi connectivity index (χ1) is 12.4. The molecule has 9 heteroatoms. The van der Waals surface area contributed by atoms with Crippen LogP contribution in [0.4, 0.5) is 5.69 Å². The van der Waals surface area contributed by atoms with Gasteiger partial charge in [0, 0.05) is 26.2 Å². The normalized spacial score (nSPS) is 22.0. The number of anilines is 1. The number of carboxylic acids is 1. The highest BCUT2D eigenvalue weighted by molar-refractivity contribution is 6.22. The zero-order chi connectivity index (χ0) is 18.8. The Morgan fingerprint density at radius 2 is 1.69 bits per heavy atom. The number of nitrogens with two attached hydrogens (primary N) is 1. The van der Waals surface area contributed by atoms with Crippen molar-refractivity contribution in [3.63, 3.8) is 0 Å². The van der Waals surface area contributed by atoms with Crippen molar-refractivity contribution in [2.75, 3.05) is 37.6 Å². The summed E-state index contributed by atoms with van der Waals surface area (Å²) in [5.74, 6) is -2.06. The fourth-order valence-corrected chi connectivity index (χ4v) is 3.38. The van der Waals surface area contributed by atoms with Crippen molar-refractivity contribution in [2.45, 2.75) is 12.5 Å². The number of benzene rings is 1. The standard InChI is InChI=1S/C17H20N4O5/c18-14(22)10-19-5-7-20(8-6-19)13-9-15(23)21(16(13)24)12-3-1-11(2-4-12)17(25)26/h1-4,13H,5-10H2,(H2,18,22)(H,25,26)/t13-/m0/s1. The first-order valence-electron chi connectivity index (χ1n) is 8.31. The second-order valence-electron chi connectivity index (χ2n) is 6.42. The Hall–Kier alpha value is -2.78. The Labute approximate surface area is 149 Å². The van der Waals surface area contributed by atoms with Gasteiger partial charge in [-0.1, -0.05) is 0 Å². The Kier molecular flexibility index (Phi) is 5.01. The number of piperazine rings is 1. The van der Waals surface area contributed by atoms with E-state index in [0.29, 0.717) is 31.9 Å². The number of carbonyl (C=O) groups excluding carboxylic acids is 3. The summed E-state index contributed by atoms with van der Waals surface area (Å²) in [4.78, 5) is 52.0. The van der Waals surface area contributed by atoms with E-state index in [2.05, 4.69) is 0 Å². The van der Waals surface area contributed by atoms with E-state index in [-0.39, 0.29) is 36.3 Å². The first-order valence-corrected chi connectivity index (χ1v) is 8.31. The van der Waals surface area contributed by atoms with E-state index < -0.39 is 12.0 Å². The molecule has 1 aromatic carbocycles. The molecule has 0 aromatic heterocycles. The fourth-order valence-electron chi connectivity index (χ4n) is 3.38. The number of imide groups is 1. The van der Waals surface area contributed by atoms with Crippen molar-refractivity contribution >= 4 is 29.4 Å². The molecule has 2 aliphatic rings. The van der Waals surface area contributed by atoms with Gasteiger partial charge in [0.1, 0.15) is 0 Å². The van der Waals surface area contributed by atoms with Gasteiger partial charge in [-0.2, -0.15) is 0 Å². The summed E-state index contributed by atoms with van der Waals surface area (Å²) in [5, 5.41) is 8.95. The highest BCUT2D eigenvalue weighted by Gasteiger charge is 2.43. The van der Waals surface area contributed by atoms with Gasteiger partial charge in [0.05, 0.1) is 30.3 Å². The van der Waals surface area contributed by atoms with Crippen LogP contribution in [0.15, 0.2) is 24.3 Å². The molecule has 0 aliphatic carbocycles. The van der Waals surface area contributed by atoms with Crippen LogP contribution in [-0.2, 0) is 14.4 Å². The minimum atomic E-state index is -1.07. The summed E-state index contributed by atoms with van der Waals surface area (Å²) in [6.45, 7) is 2.54. The predicted octanol–water partition coefficient (Wildman–Crippen LogP) is -0.880. The average Bonchev–Trinajstić information content (AvgIpc) is 2.89. The second kappa shape index (κ2) is 7.22. The van der Waals surface area contributed by atoms with Crippen molar-refractivity contribution in [3.8, 4) is 0 Å². The van der Waals surface area contributed by atoms with E-state index >= 15 is 0 Å². The molecule has 2 saturated heterocycles. The molecule has 0 bridgehead atoms. The van der Waals surface area contributed by atoms with E-state index in [1.165, 1.54) is 24.3 Å². The maximum atomic E-state index is 12.8. The van der Waals surface area contributed by atoms with Crippen LogP contribution in [0.5, 0.6) is 0 Å². The van der Waals surface area contributed by atoms with Gasteiger partial charge in [0.25, 0.3) is 5.91 Å². The lowest BCUT2D eigenvalue weighted by molar-refractivity contribution is -0.124. The van der Waals surface area contributed by atoms with E-state index in [1.54, 1.807) is 0 Å². The van der Waals surface area contributed by atoms with Crippen LogP contribution in [0.25, 0.3) is 0 Å². The van der Waals surface area contributed by atoms with Crippen LogP contribution in [0.3, 0.4) is 0 Å². The minimum absolute atomic E-state index is 0.0926. The van der Waals surface area contributed by atoms with E-state index in [0.717, 1.165) is 4.90 Å². The lowest BCUT2D eigenvalue weighted by Crippen LogP contribution is -2.53. The topological polar surface area (TPSA) is 124 Å². The number of nitrogens with zero attached hydrogens (tertiary/aromatic N) is 3. The lowest BCUT2D eigenvalue weighted by Gasteiger charge is -2.36. The third kappa shape index (κ3) is 3.58. The smallest absolute Gasteiger partial charge is 0.335 e. The predicted molar refractivity (Wildman–Crippen MR) is 91.5 cm³/mol. The number of aromatic carboxylic acids is 1. The number of primary amides is 1. The van der Waals surface area contributed by atoms with Gasteiger partial charge in [-0.15, -0.1) is 0 Å². The molecule has 26 heavy (non-hydrogen) atoms. The van der Waals surface area contributed by atoms with Crippen LogP contribution < -0.4 is 10.6 Å². The van der Waals surface area contributed by atoms with Gasteiger partial charge in [-0.25, -0.2) is 9.69 Å². The van der Waals surface area contributed by atoms with Crippen molar-refractivity contribution in [3.05, 3.63) is 29.8 Å². The van der Waals surface area contributed by atoms with E-state index in [1.807, 2.05) is 9.80 Å². The number of hydrogen-bond donors (Lipinski definition) is 2. The molecule has 138 valence electrons. The Morgan fingerprint density at radius 1 is 1.08 bits per heavy atom.